The van der Waals surface area contributed by atoms with E-state index in [0.717, 1.165) is 6.54 Å². The van der Waals surface area contributed by atoms with Gasteiger partial charge in [-0.1, -0.05) is 17.7 Å². The minimum atomic E-state index is 0.222. The van der Waals surface area contributed by atoms with Crippen molar-refractivity contribution in [2.75, 3.05) is 13.9 Å². The molecule has 0 aromatic heterocycles. The molecule has 1 aliphatic carbocycles. The van der Waals surface area contributed by atoms with Crippen LogP contribution in [0, 0.1) is 0 Å². The van der Waals surface area contributed by atoms with Crippen LogP contribution in [0.4, 0.5) is 0 Å². The first-order chi connectivity index (χ1) is 7.79. The number of rotatable bonds is 6. The highest BCUT2D eigenvalue weighted by molar-refractivity contribution is 6.32. The molecule has 1 aromatic carbocycles. The summed E-state index contributed by atoms with van der Waals surface area (Å²) in [4.78, 5) is 0. The van der Waals surface area contributed by atoms with E-state index in [0.29, 0.717) is 16.8 Å². The molecule has 0 amide bonds. The first kappa shape index (κ1) is 11.7. The summed E-state index contributed by atoms with van der Waals surface area (Å²) in [7, 11) is 1.59. The van der Waals surface area contributed by atoms with E-state index in [1.54, 1.807) is 7.11 Å². The van der Waals surface area contributed by atoms with Crippen LogP contribution < -0.4 is 10.1 Å². The van der Waals surface area contributed by atoms with Crippen molar-refractivity contribution in [3.63, 3.8) is 0 Å². The molecule has 88 valence electrons. The third kappa shape index (κ3) is 3.37. The minimum Gasteiger partial charge on any atom is -0.466 e. The number of benzene rings is 1. The summed E-state index contributed by atoms with van der Waals surface area (Å²) in [5.41, 5.74) is 1.18. The third-order valence-electron chi connectivity index (χ3n) is 2.50. The molecule has 0 atom stereocenters. The van der Waals surface area contributed by atoms with Gasteiger partial charge in [0.05, 0.1) is 5.02 Å². The number of ether oxygens (including phenoxy) is 2. The van der Waals surface area contributed by atoms with Crippen molar-refractivity contribution in [2.24, 2.45) is 0 Å². The molecule has 0 aliphatic heterocycles. The van der Waals surface area contributed by atoms with Gasteiger partial charge in [-0.3, -0.25) is 0 Å². The van der Waals surface area contributed by atoms with Gasteiger partial charge < -0.3 is 14.8 Å². The maximum atomic E-state index is 6.09. The molecule has 1 aliphatic rings. The summed E-state index contributed by atoms with van der Waals surface area (Å²) < 4.78 is 10.1. The zero-order valence-electron chi connectivity index (χ0n) is 9.33. The second-order valence-electron chi connectivity index (χ2n) is 3.97. The number of nitrogens with one attached hydrogen (secondary N) is 1. The SMILES string of the molecule is COCOc1ccc(CNC2CC2)cc1Cl. The Labute approximate surface area is 101 Å². The Hall–Kier alpha value is -0.770. The summed E-state index contributed by atoms with van der Waals surface area (Å²) >= 11 is 6.09. The Morgan fingerprint density at radius 2 is 2.25 bits per heavy atom. The monoisotopic (exact) mass is 241 g/mol. The van der Waals surface area contributed by atoms with E-state index in [1.165, 1.54) is 18.4 Å². The van der Waals surface area contributed by atoms with Crippen LogP contribution in [0.2, 0.25) is 5.02 Å². The molecule has 3 nitrogen and oxygen atoms in total. The lowest BCUT2D eigenvalue weighted by Crippen LogP contribution is -2.15. The fourth-order valence-corrected chi connectivity index (χ4v) is 1.70. The summed E-state index contributed by atoms with van der Waals surface area (Å²) in [5.74, 6) is 0.665. The van der Waals surface area contributed by atoms with Crippen molar-refractivity contribution in [1.29, 1.82) is 0 Å². The van der Waals surface area contributed by atoms with Crippen LogP contribution in [-0.4, -0.2) is 19.9 Å². The van der Waals surface area contributed by atoms with Crippen molar-refractivity contribution in [3.8, 4) is 5.75 Å². The summed E-state index contributed by atoms with van der Waals surface area (Å²) in [6, 6.07) is 6.54. The fourth-order valence-electron chi connectivity index (χ4n) is 1.44. The van der Waals surface area contributed by atoms with E-state index >= 15 is 0 Å². The topological polar surface area (TPSA) is 30.5 Å². The maximum Gasteiger partial charge on any atom is 0.188 e. The fraction of sp³-hybridized carbons (Fsp3) is 0.500. The molecule has 0 unspecified atom stereocenters. The second kappa shape index (κ2) is 5.53. The van der Waals surface area contributed by atoms with Gasteiger partial charge in [0.1, 0.15) is 5.75 Å². The molecule has 0 saturated heterocycles. The average molecular weight is 242 g/mol. The molecule has 1 fully saturated rings. The van der Waals surface area contributed by atoms with Crippen molar-refractivity contribution in [3.05, 3.63) is 28.8 Å². The van der Waals surface area contributed by atoms with E-state index in [4.69, 9.17) is 21.1 Å². The lowest BCUT2D eigenvalue weighted by molar-refractivity contribution is 0.0512. The predicted octanol–water partition coefficient (Wildman–Crippen LogP) is 2.57. The first-order valence-corrected chi connectivity index (χ1v) is 5.81. The van der Waals surface area contributed by atoms with Gasteiger partial charge >= 0.3 is 0 Å². The van der Waals surface area contributed by atoms with Crippen LogP contribution in [0.15, 0.2) is 18.2 Å². The van der Waals surface area contributed by atoms with Gasteiger partial charge in [0.2, 0.25) is 0 Å². The Morgan fingerprint density at radius 3 is 2.88 bits per heavy atom. The van der Waals surface area contributed by atoms with E-state index < -0.39 is 0 Å². The highest BCUT2D eigenvalue weighted by atomic mass is 35.5. The molecule has 16 heavy (non-hydrogen) atoms. The smallest absolute Gasteiger partial charge is 0.188 e. The van der Waals surface area contributed by atoms with E-state index in [-0.39, 0.29) is 6.79 Å². The lowest BCUT2D eigenvalue weighted by Gasteiger charge is -2.09. The van der Waals surface area contributed by atoms with Gasteiger partial charge in [-0.15, -0.1) is 0 Å². The van der Waals surface area contributed by atoms with Gasteiger partial charge in [-0.25, -0.2) is 0 Å². The number of hydrogen-bond donors (Lipinski definition) is 1. The van der Waals surface area contributed by atoms with Gasteiger partial charge in [-0.2, -0.15) is 0 Å². The number of methoxy groups -OCH3 is 1. The summed E-state index contributed by atoms with van der Waals surface area (Å²) in [5, 5.41) is 4.07. The molecular weight excluding hydrogens is 226 g/mol. The van der Waals surface area contributed by atoms with Crippen molar-refractivity contribution >= 4 is 11.6 Å². The molecule has 0 heterocycles. The zero-order valence-corrected chi connectivity index (χ0v) is 10.1. The molecule has 0 spiro atoms. The van der Waals surface area contributed by atoms with Crippen molar-refractivity contribution in [1.82, 2.24) is 5.32 Å². The number of halogens is 1. The molecule has 1 N–H and O–H groups in total. The zero-order chi connectivity index (χ0) is 11.4. The largest absolute Gasteiger partial charge is 0.466 e. The molecule has 4 heteroatoms. The maximum absolute atomic E-state index is 6.09. The Bertz CT molecular complexity index is 353. The minimum absolute atomic E-state index is 0.222. The molecule has 0 bridgehead atoms. The van der Waals surface area contributed by atoms with E-state index in [9.17, 15) is 0 Å². The highest BCUT2D eigenvalue weighted by Crippen LogP contribution is 2.26. The molecular formula is C12H16ClNO2. The second-order valence-corrected chi connectivity index (χ2v) is 4.38. The first-order valence-electron chi connectivity index (χ1n) is 5.43. The van der Waals surface area contributed by atoms with Gasteiger partial charge in [0, 0.05) is 19.7 Å². The van der Waals surface area contributed by atoms with Gasteiger partial charge in [0.15, 0.2) is 6.79 Å². The van der Waals surface area contributed by atoms with Crippen molar-refractivity contribution < 1.29 is 9.47 Å². The predicted molar refractivity (Wildman–Crippen MR) is 63.8 cm³/mol. The molecule has 2 rings (SSSR count). The molecule has 1 saturated carbocycles. The summed E-state index contributed by atoms with van der Waals surface area (Å²) in [6.45, 7) is 1.09. The quantitative estimate of drug-likeness (QED) is 0.777. The van der Waals surface area contributed by atoms with Crippen LogP contribution in [0.1, 0.15) is 18.4 Å². The average Bonchev–Trinajstić information content (AvgIpc) is 3.09. The third-order valence-corrected chi connectivity index (χ3v) is 2.80. The van der Waals surface area contributed by atoms with Crippen LogP contribution in [0.5, 0.6) is 5.75 Å². The van der Waals surface area contributed by atoms with Gasteiger partial charge in [0.25, 0.3) is 0 Å². The van der Waals surface area contributed by atoms with Crippen LogP contribution in [0.3, 0.4) is 0 Å². The normalized spacial score (nSPS) is 15.1. The Balaban J connectivity index is 1.91. The van der Waals surface area contributed by atoms with Crippen LogP contribution in [-0.2, 0) is 11.3 Å². The van der Waals surface area contributed by atoms with Crippen LogP contribution in [0.25, 0.3) is 0 Å². The summed E-state index contributed by atoms with van der Waals surface area (Å²) in [6.07, 6.45) is 2.59. The molecule has 0 radical (unpaired) electrons. The highest BCUT2D eigenvalue weighted by Gasteiger charge is 2.19. The van der Waals surface area contributed by atoms with Crippen LogP contribution >= 0.6 is 11.6 Å². The Kier molecular flexibility index (Phi) is 4.04. The number of hydrogen-bond acceptors (Lipinski definition) is 3. The molecule has 1 aromatic rings. The van der Waals surface area contributed by atoms with E-state index in [1.807, 2.05) is 18.2 Å². The van der Waals surface area contributed by atoms with Gasteiger partial charge in [-0.05, 0) is 30.5 Å². The van der Waals surface area contributed by atoms with E-state index in [2.05, 4.69) is 5.32 Å². The Morgan fingerprint density at radius 1 is 1.44 bits per heavy atom. The lowest BCUT2D eigenvalue weighted by atomic mass is 10.2. The standard InChI is InChI=1S/C12H16ClNO2/c1-15-8-16-12-5-2-9(6-11(12)13)7-14-10-3-4-10/h2,5-6,10,14H,3-4,7-8H2,1H3. The van der Waals surface area contributed by atoms with Crippen molar-refractivity contribution in [2.45, 2.75) is 25.4 Å².